The van der Waals surface area contributed by atoms with E-state index in [1.54, 1.807) is 5.57 Å². The highest BCUT2D eigenvalue weighted by Gasteiger charge is 2.59. The second-order valence-corrected chi connectivity index (χ2v) is 13.2. The monoisotopic (exact) mass is 491 g/mol. The number of aryl methyl sites for hydroxylation is 1. The van der Waals surface area contributed by atoms with Gasteiger partial charge in [-0.2, -0.15) is 5.10 Å². The summed E-state index contributed by atoms with van der Waals surface area (Å²) in [4.78, 5) is 0. The minimum atomic E-state index is -0.131. The second-order valence-electron chi connectivity index (χ2n) is 12.7. The normalized spacial score (nSPS) is 42.6. The van der Waals surface area contributed by atoms with Crippen LogP contribution in [-0.2, 0) is 0 Å². The molecule has 5 heteroatoms. The number of benzene rings is 1. The summed E-state index contributed by atoms with van der Waals surface area (Å²) in [5.74, 6) is 2.81. The number of hydrazone groups is 1. The fraction of sp³-hybridized carbons (Fsp3) is 0.667. The van der Waals surface area contributed by atoms with Crippen molar-refractivity contribution in [2.75, 3.05) is 0 Å². The molecule has 35 heavy (non-hydrogen) atoms. The van der Waals surface area contributed by atoms with Crippen LogP contribution < -0.4 is 5.73 Å². The Bertz CT molecular complexity index is 1080. The van der Waals surface area contributed by atoms with Crippen LogP contribution in [0, 0.1) is 41.4 Å². The van der Waals surface area contributed by atoms with Gasteiger partial charge in [0.25, 0.3) is 0 Å². The van der Waals surface area contributed by atoms with E-state index >= 15 is 0 Å². The van der Waals surface area contributed by atoms with Crippen molar-refractivity contribution in [3.05, 3.63) is 47.0 Å². The van der Waals surface area contributed by atoms with Gasteiger partial charge in [-0.3, -0.25) is 0 Å². The van der Waals surface area contributed by atoms with Gasteiger partial charge < -0.3 is 10.8 Å². The Labute approximate surface area is 216 Å². The average molecular weight is 492 g/mol. The number of hydrogen-bond acceptors (Lipinski definition) is 3. The average Bonchev–Trinajstić information content (AvgIpc) is 3.41. The van der Waals surface area contributed by atoms with Gasteiger partial charge in [0.2, 0.25) is 0 Å². The van der Waals surface area contributed by atoms with Crippen molar-refractivity contribution >= 4 is 23.0 Å². The SMILES string of the molecule is Cc1ccc(C2CC(C3CCC4C5CC=C6CC(O)CC[C@]6(C)C5CC[C@]34C)=NN2C(N)=S)cc1. The zero-order valence-electron chi connectivity index (χ0n) is 21.5. The molecule has 3 N–H and O–H groups in total. The van der Waals surface area contributed by atoms with Crippen molar-refractivity contribution in [1.82, 2.24) is 5.01 Å². The highest BCUT2D eigenvalue weighted by atomic mass is 32.1. The van der Waals surface area contributed by atoms with Crippen LogP contribution in [-0.4, -0.2) is 27.0 Å². The summed E-state index contributed by atoms with van der Waals surface area (Å²) in [6.07, 6.45) is 12.7. The molecule has 0 saturated heterocycles. The summed E-state index contributed by atoms with van der Waals surface area (Å²) in [7, 11) is 0. The summed E-state index contributed by atoms with van der Waals surface area (Å²) < 4.78 is 0. The fourth-order valence-corrected chi connectivity index (χ4v) is 9.35. The number of fused-ring (bicyclic) bond motifs is 5. The number of hydrogen-bond donors (Lipinski definition) is 2. The Hall–Kier alpha value is -1.72. The molecule has 6 unspecified atom stereocenters. The molecule has 3 fully saturated rings. The Morgan fingerprint density at radius 3 is 2.57 bits per heavy atom. The Balaban J connectivity index is 1.27. The highest BCUT2D eigenvalue weighted by Crippen LogP contribution is 2.66. The van der Waals surface area contributed by atoms with E-state index in [4.69, 9.17) is 23.1 Å². The number of nitrogens with two attached hydrogens (primary N) is 1. The minimum absolute atomic E-state index is 0.120. The third kappa shape index (κ3) is 3.63. The lowest BCUT2D eigenvalue weighted by Gasteiger charge is -2.58. The first-order chi connectivity index (χ1) is 16.7. The van der Waals surface area contributed by atoms with Crippen molar-refractivity contribution in [3.63, 3.8) is 0 Å². The van der Waals surface area contributed by atoms with E-state index in [1.165, 1.54) is 48.9 Å². The molecular weight excluding hydrogens is 450 g/mol. The molecule has 0 bridgehead atoms. The maximum Gasteiger partial charge on any atom is 0.187 e. The molecule has 1 heterocycles. The van der Waals surface area contributed by atoms with Gasteiger partial charge in [0.05, 0.1) is 12.1 Å². The number of rotatable bonds is 2. The van der Waals surface area contributed by atoms with Crippen LogP contribution in [0.25, 0.3) is 0 Å². The van der Waals surface area contributed by atoms with E-state index in [0.29, 0.717) is 21.9 Å². The van der Waals surface area contributed by atoms with E-state index in [9.17, 15) is 5.11 Å². The van der Waals surface area contributed by atoms with Gasteiger partial charge in [-0.1, -0.05) is 55.3 Å². The van der Waals surface area contributed by atoms with Gasteiger partial charge in [-0.05, 0) is 105 Å². The minimum Gasteiger partial charge on any atom is -0.393 e. The van der Waals surface area contributed by atoms with Crippen LogP contribution in [0.15, 0.2) is 41.0 Å². The molecule has 0 amide bonds. The molecule has 3 saturated carbocycles. The number of aliphatic hydroxyl groups excluding tert-OH is 1. The largest absolute Gasteiger partial charge is 0.393 e. The summed E-state index contributed by atoms with van der Waals surface area (Å²) in [5.41, 5.74) is 12.2. The number of nitrogens with zero attached hydrogens (tertiary/aromatic N) is 2. The zero-order valence-corrected chi connectivity index (χ0v) is 22.4. The Morgan fingerprint density at radius 2 is 1.83 bits per heavy atom. The first-order valence-electron chi connectivity index (χ1n) is 13.8. The lowest BCUT2D eigenvalue weighted by atomic mass is 9.47. The molecule has 0 spiro atoms. The van der Waals surface area contributed by atoms with Gasteiger partial charge in [0.1, 0.15) is 0 Å². The van der Waals surface area contributed by atoms with Gasteiger partial charge in [0, 0.05) is 18.1 Å². The Morgan fingerprint density at radius 1 is 1.06 bits per heavy atom. The van der Waals surface area contributed by atoms with Crippen molar-refractivity contribution in [3.8, 4) is 0 Å². The molecule has 6 rings (SSSR count). The lowest BCUT2D eigenvalue weighted by Crippen LogP contribution is -2.51. The number of thiocarbonyl (C=S) groups is 1. The fourth-order valence-electron chi connectivity index (χ4n) is 9.19. The molecule has 8 atom stereocenters. The van der Waals surface area contributed by atoms with Crippen LogP contribution in [0.5, 0.6) is 0 Å². The van der Waals surface area contributed by atoms with Crippen LogP contribution in [0.2, 0.25) is 0 Å². The molecule has 1 aliphatic heterocycles. The summed E-state index contributed by atoms with van der Waals surface area (Å²) >= 11 is 5.45. The third-order valence-electron chi connectivity index (χ3n) is 11.1. The number of allylic oxidation sites excluding steroid dienone is 1. The van der Waals surface area contributed by atoms with Crippen LogP contribution in [0.1, 0.15) is 88.8 Å². The second kappa shape index (κ2) is 8.41. The van der Waals surface area contributed by atoms with Crippen LogP contribution in [0.3, 0.4) is 0 Å². The molecule has 0 radical (unpaired) electrons. The smallest absolute Gasteiger partial charge is 0.187 e. The van der Waals surface area contributed by atoms with Crippen molar-refractivity contribution < 1.29 is 5.11 Å². The molecular formula is C30H41N3OS. The summed E-state index contributed by atoms with van der Waals surface area (Å²) in [6, 6.07) is 8.89. The van der Waals surface area contributed by atoms with Crippen LogP contribution in [0.4, 0.5) is 0 Å². The molecule has 188 valence electrons. The van der Waals surface area contributed by atoms with Crippen molar-refractivity contribution in [2.45, 2.75) is 90.7 Å². The van der Waals surface area contributed by atoms with E-state index in [2.05, 4.69) is 51.1 Å². The van der Waals surface area contributed by atoms with Crippen molar-refractivity contribution in [2.24, 2.45) is 45.3 Å². The molecule has 1 aromatic carbocycles. The first kappa shape index (κ1) is 23.7. The Kier molecular flexibility index (Phi) is 5.69. The van der Waals surface area contributed by atoms with Gasteiger partial charge in [-0.15, -0.1) is 0 Å². The van der Waals surface area contributed by atoms with Crippen LogP contribution >= 0.6 is 12.2 Å². The first-order valence-corrected chi connectivity index (χ1v) is 14.2. The van der Waals surface area contributed by atoms with E-state index in [0.717, 1.165) is 43.4 Å². The lowest BCUT2D eigenvalue weighted by molar-refractivity contribution is -0.0424. The third-order valence-corrected chi connectivity index (χ3v) is 11.3. The van der Waals surface area contributed by atoms with E-state index in [-0.39, 0.29) is 12.1 Å². The van der Waals surface area contributed by atoms with Gasteiger partial charge in [-0.25, -0.2) is 5.01 Å². The van der Waals surface area contributed by atoms with Crippen molar-refractivity contribution in [1.29, 1.82) is 0 Å². The predicted octanol–water partition coefficient (Wildman–Crippen LogP) is 6.28. The molecule has 0 aromatic heterocycles. The maximum absolute atomic E-state index is 10.3. The predicted molar refractivity (Wildman–Crippen MR) is 146 cm³/mol. The summed E-state index contributed by atoms with van der Waals surface area (Å²) in [5, 5.41) is 17.7. The topological polar surface area (TPSA) is 61.9 Å². The highest BCUT2D eigenvalue weighted by molar-refractivity contribution is 7.80. The van der Waals surface area contributed by atoms with E-state index < -0.39 is 0 Å². The quantitative estimate of drug-likeness (QED) is 0.377. The maximum atomic E-state index is 10.3. The molecule has 1 aromatic rings. The summed E-state index contributed by atoms with van der Waals surface area (Å²) in [6.45, 7) is 7.22. The van der Waals surface area contributed by atoms with Gasteiger partial charge >= 0.3 is 0 Å². The molecule has 4 aliphatic carbocycles. The zero-order chi connectivity index (χ0) is 24.5. The standard InChI is InChI=1S/C30H41N3OS/c1-18-4-6-19(7-5-18)27-17-26(32-33(27)28(31)35)25-11-10-23-22-9-8-20-16-21(34)12-14-29(20,2)24(22)13-15-30(23,25)3/h4-8,21-25,27,34H,9-17H2,1-3H3,(H2,31,35)/t21?,22?,23?,24?,25?,27?,29-,30-/m0/s1. The number of aliphatic hydroxyl groups is 1. The molecule has 5 aliphatic rings. The van der Waals surface area contributed by atoms with Gasteiger partial charge in [0.15, 0.2) is 5.11 Å². The van der Waals surface area contributed by atoms with E-state index in [1.807, 2.05) is 5.01 Å². The molecule has 4 nitrogen and oxygen atoms in total.